The van der Waals surface area contributed by atoms with Gasteiger partial charge in [0.05, 0.1) is 32.0 Å². The van der Waals surface area contributed by atoms with Crippen LogP contribution in [0.25, 0.3) is 0 Å². The van der Waals surface area contributed by atoms with Crippen molar-refractivity contribution in [2.75, 3.05) is 19.1 Å². The molecule has 22 heavy (non-hydrogen) atoms. The molecule has 1 aromatic carbocycles. The number of ether oxygens (including phenoxy) is 2. The Labute approximate surface area is 132 Å². The van der Waals surface area contributed by atoms with E-state index in [9.17, 15) is 4.79 Å². The van der Waals surface area contributed by atoms with Crippen molar-refractivity contribution in [1.29, 1.82) is 0 Å². The molecule has 7 heteroatoms. The van der Waals surface area contributed by atoms with Gasteiger partial charge in [-0.3, -0.25) is 10.2 Å². The largest absolute Gasteiger partial charge is 0.496 e. The summed E-state index contributed by atoms with van der Waals surface area (Å²) in [5.74, 6) is 0.465. The molecular formula is C15H17N3O3S. The number of hydrazone groups is 1. The number of carbonyl (C=O) groups excluding carboxylic acids is 1. The first-order valence-corrected chi connectivity index (χ1v) is 7.63. The second-order valence-corrected chi connectivity index (χ2v) is 5.10. The highest BCUT2D eigenvalue weighted by Gasteiger charge is 2.07. The van der Waals surface area contributed by atoms with Crippen molar-refractivity contribution >= 4 is 28.7 Å². The van der Waals surface area contributed by atoms with Crippen LogP contribution in [0.4, 0.5) is 5.13 Å². The third kappa shape index (κ3) is 4.56. The van der Waals surface area contributed by atoms with Gasteiger partial charge in [-0.25, -0.2) is 4.98 Å². The van der Waals surface area contributed by atoms with Crippen LogP contribution in [0.3, 0.4) is 0 Å². The van der Waals surface area contributed by atoms with Gasteiger partial charge in [0.25, 0.3) is 0 Å². The van der Waals surface area contributed by atoms with Crippen LogP contribution in [-0.4, -0.2) is 30.9 Å². The van der Waals surface area contributed by atoms with Gasteiger partial charge in [-0.05, 0) is 19.1 Å². The van der Waals surface area contributed by atoms with E-state index in [1.165, 1.54) is 11.3 Å². The minimum Gasteiger partial charge on any atom is -0.496 e. The van der Waals surface area contributed by atoms with Crippen LogP contribution in [0, 0.1) is 0 Å². The molecule has 0 saturated carbocycles. The van der Waals surface area contributed by atoms with Gasteiger partial charge in [-0.1, -0.05) is 12.1 Å². The summed E-state index contributed by atoms with van der Waals surface area (Å²) in [6.45, 7) is 2.15. The molecule has 0 radical (unpaired) electrons. The topological polar surface area (TPSA) is 72.8 Å². The van der Waals surface area contributed by atoms with Crippen LogP contribution in [0.5, 0.6) is 5.75 Å². The van der Waals surface area contributed by atoms with Gasteiger partial charge in [-0.15, -0.1) is 11.3 Å². The molecule has 2 rings (SSSR count). The fourth-order valence-corrected chi connectivity index (χ4v) is 2.39. The molecule has 6 nitrogen and oxygen atoms in total. The predicted octanol–water partition coefficient (Wildman–Crippen LogP) is 2.70. The number of thiazole rings is 1. The molecule has 0 fully saturated rings. The fraction of sp³-hybridized carbons (Fsp3) is 0.267. The van der Waals surface area contributed by atoms with Crippen molar-refractivity contribution < 1.29 is 14.3 Å². The maximum Gasteiger partial charge on any atom is 0.311 e. The van der Waals surface area contributed by atoms with Gasteiger partial charge in [-0.2, -0.15) is 5.10 Å². The Morgan fingerprint density at radius 3 is 3.05 bits per heavy atom. The lowest BCUT2D eigenvalue weighted by Crippen LogP contribution is -2.07. The average molecular weight is 319 g/mol. The van der Waals surface area contributed by atoms with Gasteiger partial charge in [0.1, 0.15) is 5.75 Å². The lowest BCUT2D eigenvalue weighted by molar-refractivity contribution is -0.142. The number of anilines is 1. The average Bonchev–Trinajstić information content (AvgIpc) is 2.95. The summed E-state index contributed by atoms with van der Waals surface area (Å²) in [4.78, 5) is 15.6. The highest BCUT2D eigenvalue weighted by molar-refractivity contribution is 7.13. The Bertz CT molecular complexity index is 655. The van der Waals surface area contributed by atoms with E-state index in [1.54, 1.807) is 25.6 Å². The van der Waals surface area contributed by atoms with Crippen LogP contribution in [0.1, 0.15) is 18.2 Å². The Morgan fingerprint density at radius 1 is 1.45 bits per heavy atom. The van der Waals surface area contributed by atoms with E-state index in [-0.39, 0.29) is 12.4 Å². The number of hydrogen-bond acceptors (Lipinski definition) is 7. The molecule has 0 aliphatic rings. The molecule has 1 N–H and O–H groups in total. The molecule has 0 aliphatic heterocycles. The minimum atomic E-state index is -0.281. The zero-order valence-corrected chi connectivity index (χ0v) is 13.2. The Kier molecular flexibility index (Phi) is 5.91. The van der Waals surface area contributed by atoms with E-state index in [0.29, 0.717) is 17.4 Å². The highest BCUT2D eigenvalue weighted by atomic mass is 32.1. The zero-order chi connectivity index (χ0) is 15.8. The van der Waals surface area contributed by atoms with E-state index in [0.717, 1.165) is 11.3 Å². The zero-order valence-electron chi connectivity index (χ0n) is 12.4. The standard InChI is InChI=1S/C15H17N3O3S/c1-3-21-14(19)8-12-10-22-15(17-12)18-16-9-11-6-4-5-7-13(11)20-2/h4-7,9-10H,3,8H2,1-2H3,(H,17,18)/b16-9+. The number of rotatable bonds is 7. The molecule has 0 unspecified atom stereocenters. The van der Waals surface area contributed by atoms with E-state index in [4.69, 9.17) is 9.47 Å². The van der Waals surface area contributed by atoms with Crippen LogP contribution in [0.15, 0.2) is 34.7 Å². The Balaban J connectivity index is 1.93. The van der Waals surface area contributed by atoms with E-state index >= 15 is 0 Å². The summed E-state index contributed by atoms with van der Waals surface area (Å²) in [6.07, 6.45) is 1.83. The first-order valence-electron chi connectivity index (χ1n) is 6.75. The first kappa shape index (κ1) is 16.0. The van der Waals surface area contributed by atoms with Crippen LogP contribution in [0.2, 0.25) is 0 Å². The molecule has 0 spiro atoms. The van der Waals surface area contributed by atoms with E-state index in [1.807, 2.05) is 24.3 Å². The summed E-state index contributed by atoms with van der Waals surface area (Å²) < 4.78 is 10.1. The molecule has 0 atom stereocenters. The van der Waals surface area contributed by atoms with E-state index < -0.39 is 0 Å². The Hall–Kier alpha value is -2.41. The lowest BCUT2D eigenvalue weighted by Gasteiger charge is -2.02. The summed E-state index contributed by atoms with van der Waals surface area (Å²) in [5.41, 5.74) is 4.37. The highest BCUT2D eigenvalue weighted by Crippen LogP contribution is 2.17. The predicted molar refractivity (Wildman–Crippen MR) is 86.7 cm³/mol. The lowest BCUT2D eigenvalue weighted by atomic mass is 10.2. The fourth-order valence-electron chi connectivity index (χ4n) is 1.73. The van der Waals surface area contributed by atoms with Crippen molar-refractivity contribution in [2.45, 2.75) is 13.3 Å². The number of carbonyl (C=O) groups is 1. The minimum absolute atomic E-state index is 0.169. The molecule has 1 aromatic heterocycles. The summed E-state index contributed by atoms with van der Waals surface area (Å²) >= 11 is 1.38. The van der Waals surface area contributed by atoms with Crippen LogP contribution in [-0.2, 0) is 16.0 Å². The molecular weight excluding hydrogens is 302 g/mol. The van der Waals surface area contributed by atoms with Crippen LogP contribution >= 0.6 is 11.3 Å². The molecule has 0 saturated heterocycles. The summed E-state index contributed by atoms with van der Waals surface area (Å²) in [6, 6.07) is 7.57. The molecule has 116 valence electrons. The van der Waals surface area contributed by atoms with Gasteiger partial charge < -0.3 is 9.47 Å². The summed E-state index contributed by atoms with van der Waals surface area (Å²) in [5, 5.41) is 6.55. The third-order valence-corrected chi connectivity index (χ3v) is 3.48. The van der Waals surface area contributed by atoms with Crippen LogP contribution < -0.4 is 10.2 Å². The van der Waals surface area contributed by atoms with Crippen molar-refractivity contribution in [2.24, 2.45) is 5.10 Å². The van der Waals surface area contributed by atoms with Crippen molar-refractivity contribution in [3.05, 3.63) is 40.9 Å². The molecule has 0 bridgehead atoms. The van der Waals surface area contributed by atoms with Crippen molar-refractivity contribution in [1.82, 2.24) is 4.98 Å². The van der Waals surface area contributed by atoms with E-state index in [2.05, 4.69) is 15.5 Å². The van der Waals surface area contributed by atoms with Gasteiger partial charge in [0.15, 0.2) is 0 Å². The number of nitrogens with zero attached hydrogens (tertiary/aromatic N) is 2. The van der Waals surface area contributed by atoms with Crippen molar-refractivity contribution in [3.8, 4) is 5.75 Å². The smallest absolute Gasteiger partial charge is 0.311 e. The number of hydrogen-bond donors (Lipinski definition) is 1. The van der Waals surface area contributed by atoms with Gasteiger partial charge in [0.2, 0.25) is 5.13 Å². The maximum atomic E-state index is 11.4. The quantitative estimate of drug-likeness (QED) is 0.482. The molecule has 2 aromatic rings. The SMILES string of the molecule is CCOC(=O)Cc1csc(N/N=C/c2ccccc2OC)n1. The van der Waals surface area contributed by atoms with Gasteiger partial charge in [0, 0.05) is 10.9 Å². The monoisotopic (exact) mass is 319 g/mol. The molecule has 1 heterocycles. The second kappa shape index (κ2) is 8.14. The molecule has 0 amide bonds. The number of para-hydroxylation sites is 1. The normalized spacial score (nSPS) is 10.6. The Morgan fingerprint density at radius 2 is 2.27 bits per heavy atom. The third-order valence-electron chi connectivity index (χ3n) is 2.69. The number of methoxy groups -OCH3 is 1. The number of benzene rings is 1. The van der Waals surface area contributed by atoms with Gasteiger partial charge >= 0.3 is 5.97 Å². The number of nitrogens with one attached hydrogen (secondary N) is 1. The second-order valence-electron chi connectivity index (χ2n) is 4.24. The maximum absolute atomic E-state index is 11.4. The van der Waals surface area contributed by atoms with Crippen molar-refractivity contribution in [3.63, 3.8) is 0 Å². The number of esters is 1. The molecule has 0 aliphatic carbocycles. The first-order chi connectivity index (χ1) is 10.7. The summed E-state index contributed by atoms with van der Waals surface area (Å²) in [7, 11) is 1.61. The number of aromatic nitrogens is 1.